The summed E-state index contributed by atoms with van der Waals surface area (Å²) in [6, 6.07) is 6.22. The number of anilines is 1. The van der Waals surface area contributed by atoms with Crippen LogP contribution in [0.15, 0.2) is 18.2 Å². The molecule has 2 aromatic rings. The highest BCUT2D eigenvalue weighted by Crippen LogP contribution is 2.30. The van der Waals surface area contributed by atoms with Gasteiger partial charge >= 0.3 is 0 Å². The van der Waals surface area contributed by atoms with E-state index in [1.807, 2.05) is 18.2 Å². The van der Waals surface area contributed by atoms with Crippen molar-refractivity contribution in [1.82, 2.24) is 14.5 Å². The Bertz CT molecular complexity index is 592. The van der Waals surface area contributed by atoms with Crippen LogP contribution in [0, 0.1) is 0 Å². The number of nitrogens with zero attached hydrogens (tertiary/aromatic N) is 3. The molecule has 1 aliphatic rings. The molecule has 19 heavy (non-hydrogen) atoms. The number of nitrogen functional groups attached to an aromatic ring is 1. The Kier molecular flexibility index (Phi) is 3.37. The first-order chi connectivity index (χ1) is 9.19. The molecule has 102 valence electrons. The number of nitrogens with two attached hydrogens (primary N) is 1. The molecule has 1 aliphatic heterocycles. The van der Waals surface area contributed by atoms with Crippen LogP contribution in [0.3, 0.4) is 0 Å². The van der Waals surface area contributed by atoms with Crippen molar-refractivity contribution in [2.24, 2.45) is 0 Å². The maximum absolute atomic E-state index is 6.11. The average Bonchev–Trinajstić information content (AvgIpc) is 2.73. The number of hydrogen-bond acceptors (Lipinski definition) is 3. The van der Waals surface area contributed by atoms with E-state index < -0.39 is 0 Å². The largest absolute Gasteiger partial charge is 0.369 e. The molecule has 4 nitrogen and oxygen atoms in total. The van der Waals surface area contributed by atoms with Gasteiger partial charge in [0.1, 0.15) is 0 Å². The molecule has 5 heteroatoms. The Balaban J connectivity index is 2.02. The van der Waals surface area contributed by atoms with E-state index >= 15 is 0 Å². The highest BCUT2D eigenvalue weighted by atomic mass is 35.5. The SMILES string of the molecule is CCN1CCCC(n2c(N)nc3cc(Cl)ccc32)C1. The van der Waals surface area contributed by atoms with Gasteiger partial charge < -0.3 is 15.2 Å². The van der Waals surface area contributed by atoms with Crippen LogP contribution in [0.2, 0.25) is 5.02 Å². The van der Waals surface area contributed by atoms with Crippen molar-refractivity contribution in [1.29, 1.82) is 0 Å². The quantitative estimate of drug-likeness (QED) is 0.919. The monoisotopic (exact) mass is 278 g/mol. The summed E-state index contributed by atoms with van der Waals surface area (Å²) >= 11 is 6.01. The number of hydrogen-bond donors (Lipinski definition) is 1. The number of fused-ring (bicyclic) bond motifs is 1. The second-order valence-electron chi connectivity index (χ2n) is 5.16. The van der Waals surface area contributed by atoms with Gasteiger partial charge in [0.25, 0.3) is 0 Å². The fourth-order valence-corrected chi connectivity index (χ4v) is 3.17. The fraction of sp³-hybridized carbons (Fsp3) is 0.500. The minimum absolute atomic E-state index is 0.417. The first-order valence-corrected chi connectivity index (χ1v) is 7.22. The van der Waals surface area contributed by atoms with Gasteiger partial charge in [-0.2, -0.15) is 0 Å². The van der Waals surface area contributed by atoms with E-state index in [0.29, 0.717) is 17.0 Å². The van der Waals surface area contributed by atoms with E-state index in [4.69, 9.17) is 17.3 Å². The van der Waals surface area contributed by atoms with Crippen molar-refractivity contribution >= 4 is 28.6 Å². The molecule has 1 atom stereocenters. The Labute approximate surface area is 118 Å². The summed E-state index contributed by atoms with van der Waals surface area (Å²) in [4.78, 5) is 6.91. The second kappa shape index (κ2) is 5.02. The van der Waals surface area contributed by atoms with Crippen LogP contribution in [0.5, 0.6) is 0 Å². The molecule has 0 bridgehead atoms. The molecule has 1 aromatic carbocycles. The maximum atomic E-state index is 6.11. The van der Waals surface area contributed by atoms with Crippen molar-refractivity contribution in [2.75, 3.05) is 25.4 Å². The highest BCUT2D eigenvalue weighted by molar-refractivity contribution is 6.31. The van der Waals surface area contributed by atoms with Gasteiger partial charge in [-0.3, -0.25) is 0 Å². The summed E-state index contributed by atoms with van der Waals surface area (Å²) in [6.07, 6.45) is 2.37. The van der Waals surface area contributed by atoms with Crippen LogP contribution in [-0.4, -0.2) is 34.1 Å². The third kappa shape index (κ3) is 2.30. The summed E-state index contributed by atoms with van der Waals surface area (Å²) in [6.45, 7) is 5.53. The molecule has 0 aliphatic carbocycles. The lowest BCUT2D eigenvalue weighted by molar-refractivity contribution is 0.188. The Morgan fingerprint density at radius 1 is 1.47 bits per heavy atom. The molecule has 3 rings (SSSR count). The third-order valence-corrected chi connectivity index (χ3v) is 4.21. The Morgan fingerprint density at radius 3 is 3.11 bits per heavy atom. The molecule has 1 unspecified atom stereocenters. The number of piperidine rings is 1. The minimum Gasteiger partial charge on any atom is -0.369 e. The van der Waals surface area contributed by atoms with E-state index in [9.17, 15) is 0 Å². The van der Waals surface area contributed by atoms with Gasteiger partial charge in [0.2, 0.25) is 5.95 Å². The van der Waals surface area contributed by atoms with Crippen LogP contribution in [-0.2, 0) is 0 Å². The van der Waals surface area contributed by atoms with Gasteiger partial charge in [-0.05, 0) is 44.1 Å². The number of benzene rings is 1. The summed E-state index contributed by atoms with van der Waals surface area (Å²) in [5.41, 5.74) is 8.09. The number of halogens is 1. The standard InChI is InChI=1S/C14H19ClN4/c1-2-18-7-3-4-11(9-18)19-13-6-5-10(15)8-12(13)17-14(19)16/h5-6,8,11H,2-4,7,9H2,1H3,(H2,16,17). The molecular formula is C14H19ClN4. The number of aromatic nitrogens is 2. The molecule has 1 aromatic heterocycles. The van der Waals surface area contributed by atoms with Gasteiger partial charge in [-0.15, -0.1) is 0 Å². The fourth-order valence-electron chi connectivity index (χ4n) is 3.00. The van der Waals surface area contributed by atoms with E-state index in [2.05, 4.69) is 21.4 Å². The first kappa shape index (κ1) is 12.8. The molecule has 1 saturated heterocycles. The van der Waals surface area contributed by atoms with Crippen LogP contribution < -0.4 is 5.73 Å². The minimum atomic E-state index is 0.417. The average molecular weight is 279 g/mol. The van der Waals surface area contributed by atoms with Gasteiger partial charge in [0.05, 0.1) is 11.0 Å². The summed E-state index contributed by atoms with van der Waals surface area (Å²) < 4.78 is 2.17. The third-order valence-electron chi connectivity index (χ3n) is 3.97. The van der Waals surface area contributed by atoms with Crippen LogP contribution in [0.4, 0.5) is 5.95 Å². The van der Waals surface area contributed by atoms with E-state index in [-0.39, 0.29) is 0 Å². The molecule has 2 N–H and O–H groups in total. The van der Waals surface area contributed by atoms with E-state index in [0.717, 1.165) is 30.5 Å². The molecule has 0 amide bonds. The van der Waals surface area contributed by atoms with Gasteiger partial charge in [-0.25, -0.2) is 4.98 Å². The zero-order valence-corrected chi connectivity index (χ0v) is 11.9. The van der Waals surface area contributed by atoms with Crippen LogP contribution in [0.25, 0.3) is 11.0 Å². The highest BCUT2D eigenvalue weighted by Gasteiger charge is 2.23. The molecule has 2 heterocycles. The Hall–Kier alpha value is -1.26. The molecule has 0 saturated carbocycles. The van der Waals surface area contributed by atoms with Crippen molar-refractivity contribution < 1.29 is 0 Å². The number of imidazole rings is 1. The van der Waals surface area contributed by atoms with E-state index in [1.165, 1.54) is 13.0 Å². The van der Waals surface area contributed by atoms with Crippen molar-refractivity contribution in [3.05, 3.63) is 23.2 Å². The van der Waals surface area contributed by atoms with Crippen molar-refractivity contribution in [2.45, 2.75) is 25.8 Å². The Morgan fingerprint density at radius 2 is 2.32 bits per heavy atom. The van der Waals surface area contributed by atoms with Gasteiger partial charge in [0.15, 0.2) is 0 Å². The molecule has 0 spiro atoms. The lowest BCUT2D eigenvalue weighted by Gasteiger charge is -2.33. The zero-order chi connectivity index (χ0) is 13.4. The van der Waals surface area contributed by atoms with Gasteiger partial charge in [0, 0.05) is 17.6 Å². The maximum Gasteiger partial charge on any atom is 0.201 e. The predicted octanol–water partition coefficient (Wildman–Crippen LogP) is 2.93. The number of likely N-dealkylation sites (N-methyl/N-ethyl adjacent to an activating group) is 1. The normalized spacial score (nSPS) is 21.1. The van der Waals surface area contributed by atoms with Gasteiger partial charge in [-0.1, -0.05) is 18.5 Å². The summed E-state index contributed by atoms with van der Waals surface area (Å²) in [7, 11) is 0. The zero-order valence-electron chi connectivity index (χ0n) is 11.1. The first-order valence-electron chi connectivity index (χ1n) is 6.84. The van der Waals surface area contributed by atoms with Crippen LogP contribution in [0.1, 0.15) is 25.8 Å². The number of rotatable bonds is 2. The molecule has 0 radical (unpaired) electrons. The van der Waals surface area contributed by atoms with Crippen molar-refractivity contribution in [3.8, 4) is 0 Å². The predicted molar refractivity (Wildman–Crippen MR) is 79.5 cm³/mol. The smallest absolute Gasteiger partial charge is 0.201 e. The molecule has 1 fully saturated rings. The topological polar surface area (TPSA) is 47.1 Å². The molecular weight excluding hydrogens is 260 g/mol. The summed E-state index contributed by atoms with van der Waals surface area (Å²) in [5.74, 6) is 0.597. The lowest BCUT2D eigenvalue weighted by atomic mass is 10.1. The second-order valence-corrected chi connectivity index (χ2v) is 5.60. The van der Waals surface area contributed by atoms with E-state index in [1.54, 1.807) is 0 Å². The summed E-state index contributed by atoms with van der Waals surface area (Å²) in [5, 5.41) is 0.705. The number of likely N-dealkylation sites (tertiary alicyclic amines) is 1. The van der Waals surface area contributed by atoms with Crippen LogP contribution >= 0.6 is 11.6 Å². The lowest BCUT2D eigenvalue weighted by Crippen LogP contribution is -2.36. The van der Waals surface area contributed by atoms with Crippen molar-refractivity contribution in [3.63, 3.8) is 0 Å².